The third-order valence-electron chi connectivity index (χ3n) is 4.20. The second kappa shape index (κ2) is 7.08. The lowest BCUT2D eigenvalue weighted by Crippen LogP contribution is -2.30. The van der Waals surface area contributed by atoms with Crippen LogP contribution in [-0.2, 0) is 6.54 Å². The van der Waals surface area contributed by atoms with Crippen LogP contribution in [0.15, 0.2) is 12.1 Å². The van der Waals surface area contributed by atoms with E-state index in [-0.39, 0.29) is 17.2 Å². The SMILES string of the molecule is COc1cc(CN(C)C(C)C2CC2)c([N+](=O)[O-])cc1OC(F)F. The first-order valence-electron chi connectivity index (χ1n) is 7.33. The minimum Gasteiger partial charge on any atom is -0.493 e. The van der Waals surface area contributed by atoms with E-state index >= 15 is 0 Å². The summed E-state index contributed by atoms with van der Waals surface area (Å²) in [5.41, 5.74) is 0.153. The van der Waals surface area contributed by atoms with E-state index < -0.39 is 11.5 Å². The monoisotopic (exact) mass is 330 g/mol. The van der Waals surface area contributed by atoms with Crippen molar-refractivity contribution in [3.8, 4) is 11.5 Å². The summed E-state index contributed by atoms with van der Waals surface area (Å²) < 4.78 is 34.2. The van der Waals surface area contributed by atoms with Crippen molar-refractivity contribution in [2.45, 2.75) is 39.0 Å². The predicted molar refractivity (Wildman–Crippen MR) is 79.9 cm³/mol. The molecule has 0 radical (unpaired) electrons. The van der Waals surface area contributed by atoms with Gasteiger partial charge in [-0.25, -0.2) is 0 Å². The van der Waals surface area contributed by atoms with Crippen molar-refractivity contribution in [2.24, 2.45) is 5.92 Å². The molecule has 1 atom stereocenters. The van der Waals surface area contributed by atoms with Crippen LogP contribution in [0.4, 0.5) is 14.5 Å². The van der Waals surface area contributed by atoms with Crippen molar-refractivity contribution >= 4 is 5.69 Å². The third kappa shape index (κ3) is 4.28. The number of nitrogens with zero attached hydrogens (tertiary/aromatic N) is 2. The number of ether oxygens (including phenoxy) is 2. The van der Waals surface area contributed by atoms with Gasteiger partial charge < -0.3 is 9.47 Å². The van der Waals surface area contributed by atoms with Gasteiger partial charge >= 0.3 is 6.61 Å². The zero-order valence-electron chi connectivity index (χ0n) is 13.3. The van der Waals surface area contributed by atoms with Crippen LogP contribution < -0.4 is 9.47 Å². The molecule has 0 spiro atoms. The molecule has 1 aromatic rings. The highest BCUT2D eigenvalue weighted by molar-refractivity contribution is 5.54. The quantitative estimate of drug-likeness (QED) is 0.540. The Balaban J connectivity index is 2.30. The second-order valence-electron chi connectivity index (χ2n) is 5.76. The van der Waals surface area contributed by atoms with Crippen LogP contribution in [0.3, 0.4) is 0 Å². The number of rotatable bonds is 8. The van der Waals surface area contributed by atoms with Crippen molar-refractivity contribution in [1.82, 2.24) is 4.90 Å². The van der Waals surface area contributed by atoms with Crippen LogP contribution >= 0.6 is 0 Å². The molecule has 1 aliphatic carbocycles. The van der Waals surface area contributed by atoms with Crippen LogP contribution in [0, 0.1) is 16.0 Å². The smallest absolute Gasteiger partial charge is 0.387 e. The van der Waals surface area contributed by atoms with Gasteiger partial charge in [0.25, 0.3) is 5.69 Å². The number of hydrogen-bond donors (Lipinski definition) is 0. The molecule has 0 aromatic heterocycles. The normalized spacial score (nSPS) is 15.8. The van der Waals surface area contributed by atoms with E-state index in [4.69, 9.17) is 4.74 Å². The standard InChI is InChI=1S/C15H20F2N2O4/c1-9(10-4-5-10)18(2)8-11-6-13(22-3)14(23-15(16)17)7-12(11)19(20)21/h6-7,9-10,15H,4-5,8H2,1-3H3. The molecule has 1 unspecified atom stereocenters. The largest absolute Gasteiger partial charge is 0.493 e. The molecule has 1 aromatic carbocycles. The summed E-state index contributed by atoms with van der Waals surface area (Å²) >= 11 is 0. The molecule has 128 valence electrons. The zero-order chi connectivity index (χ0) is 17.1. The number of halogens is 2. The second-order valence-corrected chi connectivity index (χ2v) is 5.76. The van der Waals surface area contributed by atoms with Crippen molar-refractivity contribution in [3.63, 3.8) is 0 Å². The van der Waals surface area contributed by atoms with E-state index in [1.165, 1.54) is 13.2 Å². The fourth-order valence-corrected chi connectivity index (χ4v) is 2.59. The first kappa shape index (κ1) is 17.4. The highest BCUT2D eigenvalue weighted by Gasteiger charge is 2.31. The Morgan fingerprint density at radius 1 is 1.39 bits per heavy atom. The number of benzene rings is 1. The molecule has 0 bridgehead atoms. The van der Waals surface area contributed by atoms with Gasteiger partial charge in [-0.05, 0) is 38.8 Å². The number of hydrogen-bond acceptors (Lipinski definition) is 5. The number of nitro benzene ring substituents is 1. The van der Waals surface area contributed by atoms with E-state index in [1.54, 1.807) is 0 Å². The molecule has 1 saturated carbocycles. The average molecular weight is 330 g/mol. The maximum absolute atomic E-state index is 12.4. The van der Waals surface area contributed by atoms with Gasteiger partial charge in [0.05, 0.1) is 18.1 Å². The molecule has 8 heteroatoms. The average Bonchev–Trinajstić information content (AvgIpc) is 3.31. The minimum atomic E-state index is -3.08. The summed E-state index contributed by atoms with van der Waals surface area (Å²) in [7, 11) is 3.20. The molecule has 0 amide bonds. The molecule has 1 aliphatic rings. The molecule has 0 heterocycles. The van der Waals surface area contributed by atoms with E-state index in [1.807, 2.05) is 11.9 Å². The van der Waals surface area contributed by atoms with Crippen molar-refractivity contribution < 1.29 is 23.2 Å². The molecule has 23 heavy (non-hydrogen) atoms. The number of methoxy groups -OCH3 is 1. The van der Waals surface area contributed by atoms with Gasteiger partial charge in [0.1, 0.15) is 0 Å². The van der Waals surface area contributed by atoms with Crippen molar-refractivity contribution in [1.29, 1.82) is 0 Å². The molecular weight excluding hydrogens is 310 g/mol. The van der Waals surface area contributed by atoms with E-state index in [9.17, 15) is 18.9 Å². The summed E-state index contributed by atoms with van der Waals surface area (Å²) in [5, 5.41) is 11.3. The molecule has 0 N–H and O–H groups in total. The Bertz CT molecular complexity index is 579. The van der Waals surface area contributed by atoms with Gasteiger partial charge in [0.15, 0.2) is 11.5 Å². The first-order chi connectivity index (χ1) is 10.8. The van der Waals surface area contributed by atoms with Gasteiger partial charge in [0.2, 0.25) is 0 Å². The Hall–Kier alpha value is -1.96. The van der Waals surface area contributed by atoms with Crippen LogP contribution in [-0.4, -0.2) is 36.6 Å². The highest BCUT2D eigenvalue weighted by Crippen LogP contribution is 2.38. The minimum absolute atomic E-state index is 0.0541. The van der Waals surface area contributed by atoms with Crippen molar-refractivity contribution in [2.75, 3.05) is 14.2 Å². The van der Waals surface area contributed by atoms with E-state index in [0.29, 0.717) is 24.1 Å². The van der Waals surface area contributed by atoms with E-state index in [2.05, 4.69) is 11.7 Å². The van der Waals surface area contributed by atoms with Gasteiger partial charge in [-0.2, -0.15) is 8.78 Å². The van der Waals surface area contributed by atoms with Gasteiger partial charge in [-0.15, -0.1) is 0 Å². The Kier molecular flexibility index (Phi) is 5.35. The van der Waals surface area contributed by atoms with Crippen LogP contribution in [0.2, 0.25) is 0 Å². The summed E-state index contributed by atoms with van der Waals surface area (Å²) in [6, 6.07) is 2.69. The van der Waals surface area contributed by atoms with Crippen LogP contribution in [0.25, 0.3) is 0 Å². The number of nitro groups is 1. The summed E-state index contributed by atoms with van der Waals surface area (Å²) in [6.45, 7) is -0.666. The Morgan fingerprint density at radius 3 is 2.52 bits per heavy atom. The molecule has 0 saturated heterocycles. The topological polar surface area (TPSA) is 64.8 Å². The maximum atomic E-state index is 12.4. The lowest BCUT2D eigenvalue weighted by atomic mass is 10.1. The lowest BCUT2D eigenvalue weighted by Gasteiger charge is -2.24. The summed E-state index contributed by atoms with van der Waals surface area (Å²) in [6.07, 6.45) is 2.33. The Labute approximate surface area is 133 Å². The van der Waals surface area contributed by atoms with Crippen LogP contribution in [0.5, 0.6) is 11.5 Å². The first-order valence-corrected chi connectivity index (χ1v) is 7.33. The third-order valence-corrected chi connectivity index (χ3v) is 4.20. The van der Waals surface area contributed by atoms with Gasteiger partial charge in [-0.3, -0.25) is 15.0 Å². The number of alkyl halides is 2. The Morgan fingerprint density at radius 2 is 2.04 bits per heavy atom. The lowest BCUT2D eigenvalue weighted by molar-refractivity contribution is -0.385. The van der Waals surface area contributed by atoms with Gasteiger partial charge in [0, 0.05) is 18.2 Å². The van der Waals surface area contributed by atoms with Gasteiger partial charge in [-0.1, -0.05) is 0 Å². The molecule has 1 fully saturated rings. The molecule has 2 rings (SSSR count). The van der Waals surface area contributed by atoms with Crippen molar-refractivity contribution in [3.05, 3.63) is 27.8 Å². The highest BCUT2D eigenvalue weighted by atomic mass is 19.3. The zero-order valence-corrected chi connectivity index (χ0v) is 13.3. The summed E-state index contributed by atoms with van der Waals surface area (Å²) in [4.78, 5) is 12.7. The summed E-state index contributed by atoms with van der Waals surface area (Å²) in [5.74, 6) is 0.330. The fourth-order valence-electron chi connectivity index (χ4n) is 2.59. The molecular formula is C15H20F2N2O4. The maximum Gasteiger partial charge on any atom is 0.387 e. The molecule has 0 aliphatic heterocycles. The molecule has 6 nitrogen and oxygen atoms in total. The van der Waals surface area contributed by atoms with Crippen LogP contribution in [0.1, 0.15) is 25.3 Å². The van der Waals surface area contributed by atoms with E-state index in [0.717, 1.165) is 18.9 Å². The fraction of sp³-hybridized carbons (Fsp3) is 0.600. The predicted octanol–water partition coefficient (Wildman–Crippen LogP) is 3.44.